The van der Waals surface area contributed by atoms with Gasteiger partial charge in [0.25, 0.3) is 0 Å². The number of aliphatic hydroxyl groups is 1. The van der Waals surface area contributed by atoms with Gasteiger partial charge in [-0.05, 0) is 44.6 Å². The quantitative estimate of drug-likeness (QED) is 0.909. The second kappa shape index (κ2) is 5.49. The zero-order valence-corrected chi connectivity index (χ0v) is 12.2. The van der Waals surface area contributed by atoms with Gasteiger partial charge >= 0.3 is 0 Å². The van der Waals surface area contributed by atoms with Gasteiger partial charge in [0.05, 0.1) is 12.6 Å². The van der Waals surface area contributed by atoms with Crippen molar-refractivity contribution in [1.29, 1.82) is 0 Å². The molecule has 0 amide bonds. The first kappa shape index (κ1) is 13.7. The van der Waals surface area contributed by atoms with Crippen molar-refractivity contribution in [3.8, 4) is 0 Å². The first-order chi connectivity index (χ1) is 8.58. The maximum atomic E-state index is 9.35. The van der Waals surface area contributed by atoms with Gasteiger partial charge in [0.15, 0.2) is 0 Å². The lowest BCUT2D eigenvalue weighted by Crippen LogP contribution is -2.32. The molecule has 1 aliphatic heterocycles. The van der Waals surface area contributed by atoms with Gasteiger partial charge in [-0.15, -0.1) is 0 Å². The maximum absolute atomic E-state index is 9.35. The fourth-order valence-corrected chi connectivity index (χ4v) is 2.71. The van der Waals surface area contributed by atoms with Gasteiger partial charge in [0, 0.05) is 17.5 Å². The summed E-state index contributed by atoms with van der Waals surface area (Å²) in [7, 11) is 0. The summed E-state index contributed by atoms with van der Waals surface area (Å²) in [5, 5.41) is 9.35. The minimum atomic E-state index is 0.104. The number of aliphatic hydroxyl groups excluding tert-OH is 1. The Balaban J connectivity index is 2.17. The van der Waals surface area contributed by atoms with Crippen molar-refractivity contribution < 1.29 is 5.11 Å². The van der Waals surface area contributed by atoms with Crippen molar-refractivity contribution >= 4 is 17.6 Å². The second-order valence-electron chi connectivity index (χ2n) is 5.29. The molecule has 1 aromatic heterocycles. The Labute approximate surface area is 114 Å². The standard InChI is InChI=1S/C14H22N2OS/c1-14(2,18-3)11-6-7-13(15-9-11)16-8-4-5-12(16)10-17/h6-7,9,12,17H,4-5,8,10H2,1-3H3/t12-/m0/s1. The van der Waals surface area contributed by atoms with Crippen molar-refractivity contribution in [2.45, 2.75) is 37.5 Å². The normalized spacial score (nSPS) is 20.4. The van der Waals surface area contributed by atoms with Crippen LogP contribution in [-0.2, 0) is 4.75 Å². The van der Waals surface area contributed by atoms with E-state index in [1.165, 1.54) is 5.56 Å². The maximum Gasteiger partial charge on any atom is 0.128 e. The van der Waals surface area contributed by atoms with E-state index in [0.717, 1.165) is 25.2 Å². The van der Waals surface area contributed by atoms with Crippen LogP contribution < -0.4 is 4.90 Å². The summed E-state index contributed by atoms with van der Waals surface area (Å²) in [4.78, 5) is 6.79. The van der Waals surface area contributed by atoms with E-state index in [0.29, 0.717) is 0 Å². The van der Waals surface area contributed by atoms with Crippen molar-refractivity contribution in [3.05, 3.63) is 23.9 Å². The van der Waals surface area contributed by atoms with Gasteiger partial charge < -0.3 is 10.0 Å². The molecule has 0 unspecified atom stereocenters. The summed E-state index contributed by atoms with van der Waals surface area (Å²) < 4.78 is 0.104. The third-order valence-corrected chi connectivity index (χ3v) is 5.09. The average molecular weight is 266 g/mol. The van der Waals surface area contributed by atoms with Crippen LogP contribution in [0.15, 0.2) is 18.3 Å². The Hall–Kier alpha value is -0.740. The second-order valence-corrected chi connectivity index (χ2v) is 6.72. The molecule has 0 radical (unpaired) electrons. The summed E-state index contributed by atoms with van der Waals surface area (Å²) in [6.07, 6.45) is 6.30. The van der Waals surface area contributed by atoms with Crippen LogP contribution in [0, 0.1) is 0 Å². The lowest BCUT2D eigenvalue weighted by molar-refractivity contribution is 0.266. The van der Waals surface area contributed by atoms with Crippen LogP contribution in [0.25, 0.3) is 0 Å². The van der Waals surface area contributed by atoms with Crippen LogP contribution in [0.2, 0.25) is 0 Å². The van der Waals surface area contributed by atoms with Crippen LogP contribution in [0.4, 0.5) is 5.82 Å². The number of hydrogen-bond acceptors (Lipinski definition) is 4. The van der Waals surface area contributed by atoms with E-state index in [2.05, 4.69) is 42.1 Å². The molecule has 0 bridgehead atoms. The lowest BCUT2D eigenvalue weighted by Gasteiger charge is -2.26. The molecule has 4 heteroatoms. The Bertz CT molecular complexity index is 391. The van der Waals surface area contributed by atoms with E-state index in [9.17, 15) is 5.11 Å². The molecule has 1 N–H and O–H groups in total. The molecule has 1 aliphatic rings. The highest BCUT2D eigenvalue weighted by Crippen LogP contribution is 2.34. The molecular weight excluding hydrogens is 244 g/mol. The molecule has 0 spiro atoms. The fraction of sp³-hybridized carbons (Fsp3) is 0.643. The van der Waals surface area contributed by atoms with E-state index in [-0.39, 0.29) is 17.4 Å². The Kier molecular flexibility index (Phi) is 4.17. The third kappa shape index (κ3) is 2.64. The van der Waals surface area contributed by atoms with Crippen LogP contribution in [0.3, 0.4) is 0 Å². The molecule has 0 aromatic carbocycles. The number of anilines is 1. The molecule has 1 atom stereocenters. The SMILES string of the molecule is CSC(C)(C)c1ccc(N2CCC[C@H]2CO)nc1. The summed E-state index contributed by atoms with van der Waals surface area (Å²) in [5.41, 5.74) is 1.25. The summed E-state index contributed by atoms with van der Waals surface area (Å²) in [5.74, 6) is 0.993. The fourth-order valence-electron chi connectivity index (χ4n) is 2.36. The topological polar surface area (TPSA) is 36.4 Å². The highest BCUT2D eigenvalue weighted by Gasteiger charge is 2.25. The predicted octanol–water partition coefficient (Wildman–Crippen LogP) is 2.64. The van der Waals surface area contributed by atoms with Gasteiger partial charge in [-0.1, -0.05) is 6.07 Å². The first-order valence-corrected chi connectivity index (χ1v) is 7.70. The molecule has 0 saturated carbocycles. The Morgan fingerprint density at radius 3 is 2.83 bits per heavy atom. The van der Waals surface area contributed by atoms with Gasteiger partial charge in [-0.2, -0.15) is 11.8 Å². The lowest BCUT2D eigenvalue weighted by atomic mass is 10.0. The number of nitrogens with zero attached hydrogens (tertiary/aromatic N) is 2. The summed E-state index contributed by atoms with van der Waals surface area (Å²) in [6, 6.07) is 4.49. The van der Waals surface area contributed by atoms with Crippen LogP contribution in [0.5, 0.6) is 0 Å². The van der Waals surface area contributed by atoms with Crippen LogP contribution in [0.1, 0.15) is 32.3 Å². The number of hydrogen-bond donors (Lipinski definition) is 1. The van der Waals surface area contributed by atoms with E-state index in [1.54, 1.807) is 0 Å². The predicted molar refractivity (Wildman–Crippen MR) is 78.2 cm³/mol. The van der Waals surface area contributed by atoms with Gasteiger partial charge in [-0.3, -0.25) is 0 Å². The monoisotopic (exact) mass is 266 g/mol. The average Bonchev–Trinajstić information content (AvgIpc) is 2.87. The van der Waals surface area contributed by atoms with Gasteiger partial charge in [0.1, 0.15) is 5.82 Å². The van der Waals surface area contributed by atoms with E-state index in [1.807, 2.05) is 18.0 Å². The molecule has 2 rings (SSSR count). The molecule has 1 aromatic rings. The number of aromatic nitrogens is 1. The highest BCUT2D eigenvalue weighted by atomic mass is 32.2. The van der Waals surface area contributed by atoms with Crippen LogP contribution >= 0.6 is 11.8 Å². The molecule has 18 heavy (non-hydrogen) atoms. The minimum Gasteiger partial charge on any atom is -0.394 e. The zero-order chi connectivity index (χ0) is 13.2. The molecule has 2 heterocycles. The van der Waals surface area contributed by atoms with Crippen LogP contribution in [-0.4, -0.2) is 35.5 Å². The van der Waals surface area contributed by atoms with Crippen molar-refractivity contribution in [2.75, 3.05) is 24.3 Å². The number of rotatable bonds is 4. The van der Waals surface area contributed by atoms with Gasteiger partial charge in [0.2, 0.25) is 0 Å². The van der Waals surface area contributed by atoms with E-state index in [4.69, 9.17) is 0 Å². The molecule has 1 saturated heterocycles. The molecule has 3 nitrogen and oxygen atoms in total. The van der Waals surface area contributed by atoms with Gasteiger partial charge in [-0.25, -0.2) is 4.98 Å². The van der Waals surface area contributed by atoms with Crippen molar-refractivity contribution in [3.63, 3.8) is 0 Å². The summed E-state index contributed by atoms with van der Waals surface area (Å²) >= 11 is 1.83. The van der Waals surface area contributed by atoms with Crippen molar-refractivity contribution in [2.24, 2.45) is 0 Å². The number of pyridine rings is 1. The molecular formula is C14H22N2OS. The largest absolute Gasteiger partial charge is 0.394 e. The number of thioether (sulfide) groups is 1. The molecule has 1 fully saturated rings. The smallest absolute Gasteiger partial charge is 0.128 e. The first-order valence-electron chi connectivity index (χ1n) is 6.47. The third-order valence-electron chi connectivity index (χ3n) is 3.84. The summed E-state index contributed by atoms with van der Waals surface area (Å²) in [6.45, 7) is 5.64. The Morgan fingerprint density at radius 2 is 2.28 bits per heavy atom. The molecule has 0 aliphatic carbocycles. The van der Waals surface area contributed by atoms with E-state index >= 15 is 0 Å². The zero-order valence-electron chi connectivity index (χ0n) is 11.4. The minimum absolute atomic E-state index is 0.104. The highest BCUT2D eigenvalue weighted by molar-refractivity contribution is 7.99. The molecule has 100 valence electrons. The van der Waals surface area contributed by atoms with Crippen molar-refractivity contribution in [1.82, 2.24) is 4.98 Å². The van der Waals surface area contributed by atoms with E-state index < -0.39 is 0 Å². The Morgan fingerprint density at radius 1 is 1.50 bits per heavy atom.